The first-order valence-electron chi connectivity index (χ1n) is 6.68. The summed E-state index contributed by atoms with van der Waals surface area (Å²) in [6.07, 6.45) is 0. The van der Waals surface area contributed by atoms with Crippen molar-refractivity contribution in [3.63, 3.8) is 0 Å². The summed E-state index contributed by atoms with van der Waals surface area (Å²) in [5, 5.41) is 7.30. The molecule has 0 saturated carbocycles. The fourth-order valence-electron chi connectivity index (χ4n) is 2.23. The maximum Gasteiger partial charge on any atom is 0.238 e. The largest absolute Gasteiger partial charge is 0.304 e. The highest BCUT2D eigenvalue weighted by Gasteiger charge is 2.16. The Hall–Kier alpha value is -0.990. The lowest BCUT2D eigenvalue weighted by atomic mass is 10.1. The van der Waals surface area contributed by atoms with E-state index in [1.54, 1.807) is 24.3 Å². The van der Waals surface area contributed by atoms with Crippen molar-refractivity contribution in [1.29, 1.82) is 0 Å². The Morgan fingerprint density at radius 3 is 2.20 bits per heavy atom. The van der Waals surface area contributed by atoms with Gasteiger partial charge in [-0.25, -0.2) is 24.0 Å². The second-order valence-electron chi connectivity index (χ2n) is 5.26. The van der Waals surface area contributed by atoms with E-state index >= 15 is 0 Å². The molecule has 1 aliphatic heterocycles. The third-order valence-corrected chi connectivity index (χ3v) is 4.52. The van der Waals surface area contributed by atoms with E-state index in [1.807, 2.05) is 0 Å². The van der Waals surface area contributed by atoms with Gasteiger partial charge in [0.15, 0.2) is 0 Å². The Balaban J connectivity index is 1.97. The normalized spacial score (nSPS) is 19.9. The highest BCUT2D eigenvalue weighted by atomic mass is 32.2. The van der Waals surface area contributed by atoms with Gasteiger partial charge in [0, 0.05) is 32.2 Å². The van der Waals surface area contributed by atoms with Crippen molar-refractivity contribution in [1.82, 2.24) is 15.3 Å². The van der Waals surface area contributed by atoms with Crippen LogP contribution in [0.15, 0.2) is 29.2 Å². The molecule has 0 radical (unpaired) electrons. The predicted molar refractivity (Wildman–Crippen MR) is 78.4 cm³/mol. The first-order valence-corrected chi connectivity index (χ1v) is 8.23. The number of primary sulfonamides is 1. The molecule has 1 aromatic carbocycles. The molecule has 0 spiro atoms. The van der Waals surface area contributed by atoms with Crippen LogP contribution in [0.25, 0.3) is 0 Å². The summed E-state index contributed by atoms with van der Waals surface area (Å²) in [6.45, 7) is 6.12. The molecular formula is C13H22N4O2S. The van der Waals surface area contributed by atoms with E-state index in [1.165, 1.54) is 0 Å². The maximum atomic E-state index is 11.2. The van der Waals surface area contributed by atoms with Gasteiger partial charge in [-0.1, -0.05) is 12.1 Å². The molecule has 0 aliphatic carbocycles. The minimum atomic E-state index is -3.61. The van der Waals surface area contributed by atoms with E-state index in [0.717, 1.165) is 31.7 Å². The van der Waals surface area contributed by atoms with Crippen LogP contribution in [0.2, 0.25) is 0 Å². The Bertz CT molecular complexity index is 536. The molecule has 0 amide bonds. The van der Waals surface area contributed by atoms with Crippen LogP contribution in [-0.2, 0) is 10.0 Å². The van der Waals surface area contributed by atoms with E-state index in [4.69, 9.17) is 5.14 Å². The van der Waals surface area contributed by atoms with Crippen LogP contribution in [0.4, 0.5) is 0 Å². The lowest BCUT2D eigenvalue weighted by Crippen LogP contribution is -2.51. The Labute approximate surface area is 120 Å². The number of nitrogens with one attached hydrogen (secondary N) is 1. The van der Waals surface area contributed by atoms with Crippen LogP contribution in [0.1, 0.15) is 18.5 Å². The molecule has 0 aromatic heterocycles. The van der Waals surface area contributed by atoms with Gasteiger partial charge in [0.1, 0.15) is 0 Å². The molecular weight excluding hydrogens is 276 g/mol. The predicted octanol–water partition coefficient (Wildman–Crippen LogP) is 0.147. The monoisotopic (exact) mass is 298 g/mol. The van der Waals surface area contributed by atoms with Gasteiger partial charge < -0.3 is 4.90 Å². The van der Waals surface area contributed by atoms with Gasteiger partial charge in [0.05, 0.1) is 4.90 Å². The van der Waals surface area contributed by atoms with Gasteiger partial charge in [-0.2, -0.15) is 0 Å². The summed E-state index contributed by atoms with van der Waals surface area (Å²) in [5.74, 6) is 0. The van der Waals surface area contributed by atoms with Crippen LogP contribution in [-0.4, -0.2) is 51.6 Å². The van der Waals surface area contributed by atoms with E-state index in [-0.39, 0.29) is 10.9 Å². The third-order valence-electron chi connectivity index (χ3n) is 3.59. The maximum absolute atomic E-state index is 11.2. The number of rotatable bonds is 4. The molecule has 7 heteroatoms. The van der Waals surface area contributed by atoms with Crippen molar-refractivity contribution in [2.75, 3.05) is 33.2 Å². The molecule has 1 atom stereocenters. The summed E-state index contributed by atoms with van der Waals surface area (Å²) in [4.78, 5) is 2.44. The summed E-state index contributed by atoms with van der Waals surface area (Å²) >= 11 is 0. The number of piperazine rings is 1. The Kier molecular flexibility index (Phi) is 4.77. The summed E-state index contributed by atoms with van der Waals surface area (Å²) in [7, 11) is -1.50. The summed E-state index contributed by atoms with van der Waals surface area (Å²) in [6, 6.07) is 6.83. The van der Waals surface area contributed by atoms with Crippen molar-refractivity contribution in [3.8, 4) is 0 Å². The molecule has 1 saturated heterocycles. The van der Waals surface area contributed by atoms with Gasteiger partial charge in [-0.3, -0.25) is 0 Å². The molecule has 0 bridgehead atoms. The number of hydrogen-bond donors (Lipinski definition) is 2. The Morgan fingerprint density at radius 2 is 1.70 bits per heavy atom. The lowest BCUT2D eigenvalue weighted by molar-refractivity contribution is 0.0899. The summed E-state index contributed by atoms with van der Waals surface area (Å²) < 4.78 is 22.4. The number of hydrazine groups is 1. The van der Waals surface area contributed by atoms with Gasteiger partial charge in [0.25, 0.3) is 0 Å². The average Bonchev–Trinajstić information content (AvgIpc) is 2.40. The number of nitrogens with zero attached hydrogens (tertiary/aromatic N) is 2. The zero-order chi connectivity index (χ0) is 14.8. The molecule has 20 heavy (non-hydrogen) atoms. The van der Waals surface area contributed by atoms with Crippen LogP contribution in [0.5, 0.6) is 0 Å². The number of hydrogen-bond acceptors (Lipinski definition) is 5. The third kappa shape index (κ3) is 4.00. The minimum absolute atomic E-state index is 0.132. The number of nitrogens with two attached hydrogens (primary N) is 1. The first-order chi connectivity index (χ1) is 9.36. The standard InChI is InChI=1S/C13H22N4O2S/c1-11(15-17-9-7-16(2)8-10-17)12-3-5-13(6-4-12)20(14,18)19/h3-6,11,15H,7-10H2,1-2H3,(H2,14,18,19). The van der Waals surface area contributed by atoms with Crippen LogP contribution >= 0.6 is 0 Å². The fourth-order valence-corrected chi connectivity index (χ4v) is 2.75. The van der Waals surface area contributed by atoms with E-state index in [0.29, 0.717) is 0 Å². The molecule has 1 heterocycles. The quantitative estimate of drug-likeness (QED) is 0.827. The zero-order valence-electron chi connectivity index (χ0n) is 11.9. The smallest absolute Gasteiger partial charge is 0.238 e. The SMILES string of the molecule is CC(NN1CCN(C)CC1)c1ccc(S(N)(=O)=O)cc1. The number of benzene rings is 1. The minimum Gasteiger partial charge on any atom is -0.304 e. The number of likely N-dealkylation sites (N-methyl/N-ethyl adjacent to an activating group) is 1. The van der Waals surface area contributed by atoms with Gasteiger partial charge in [-0.05, 0) is 31.7 Å². The molecule has 6 nitrogen and oxygen atoms in total. The highest BCUT2D eigenvalue weighted by Crippen LogP contribution is 2.16. The van der Waals surface area contributed by atoms with Crippen LogP contribution < -0.4 is 10.6 Å². The van der Waals surface area contributed by atoms with Crippen LogP contribution in [0, 0.1) is 0 Å². The fraction of sp³-hybridized carbons (Fsp3) is 0.538. The number of sulfonamides is 1. The van der Waals surface area contributed by atoms with Crippen molar-refractivity contribution in [2.45, 2.75) is 17.9 Å². The van der Waals surface area contributed by atoms with Crippen molar-refractivity contribution < 1.29 is 8.42 Å². The van der Waals surface area contributed by atoms with Gasteiger partial charge in [0.2, 0.25) is 10.0 Å². The zero-order valence-corrected chi connectivity index (χ0v) is 12.7. The average molecular weight is 298 g/mol. The van der Waals surface area contributed by atoms with Gasteiger partial charge in [-0.15, -0.1) is 0 Å². The van der Waals surface area contributed by atoms with Crippen molar-refractivity contribution in [3.05, 3.63) is 29.8 Å². The highest BCUT2D eigenvalue weighted by molar-refractivity contribution is 7.89. The molecule has 1 unspecified atom stereocenters. The molecule has 3 N–H and O–H groups in total. The topological polar surface area (TPSA) is 78.7 Å². The van der Waals surface area contributed by atoms with Gasteiger partial charge >= 0.3 is 0 Å². The van der Waals surface area contributed by atoms with E-state index in [9.17, 15) is 8.42 Å². The van der Waals surface area contributed by atoms with E-state index < -0.39 is 10.0 Å². The molecule has 1 fully saturated rings. The second kappa shape index (κ2) is 6.19. The molecule has 1 aromatic rings. The first kappa shape index (κ1) is 15.4. The van der Waals surface area contributed by atoms with E-state index in [2.05, 4.69) is 29.3 Å². The molecule has 2 rings (SSSR count). The van der Waals surface area contributed by atoms with Crippen molar-refractivity contribution in [2.24, 2.45) is 5.14 Å². The Morgan fingerprint density at radius 1 is 1.15 bits per heavy atom. The second-order valence-corrected chi connectivity index (χ2v) is 6.82. The summed E-state index contributed by atoms with van der Waals surface area (Å²) in [5.41, 5.74) is 4.48. The molecule has 1 aliphatic rings. The van der Waals surface area contributed by atoms with Crippen molar-refractivity contribution >= 4 is 10.0 Å². The molecule has 112 valence electrons. The lowest BCUT2D eigenvalue weighted by Gasteiger charge is -2.34. The van der Waals surface area contributed by atoms with Crippen LogP contribution in [0.3, 0.4) is 0 Å².